The summed E-state index contributed by atoms with van der Waals surface area (Å²) in [5.74, 6) is 0.391. The number of halogens is 3. The van der Waals surface area contributed by atoms with Crippen LogP contribution in [0.1, 0.15) is 16.7 Å². The molecule has 1 aromatic carbocycles. The van der Waals surface area contributed by atoms with E-state index in [2.05, 4.69) is 20.2 Å². The van der Waals surface area contributed by atoms with E-state index in [1.807, 2.05) is 12.1 Å². The molecule has 4 heterocycles. The van der Waals surface area contributed by atoms with Gasteiger partial charge in [0.1, 0.15) is 12.4 Å². The fourth-order valence-corrected chi connectivity index (χ4v) is 4.48. The number of anilines is 1. The Kier molecular flexibility index (Phi) is 5.49. The molecule has 2 saturated heterocycles. The average Bonchev–Trinajstić information content (AvgIpc) is 2.72. The molecule has 0 amide bonds. The maximum atomic E-state index is 14.3. The first-order chi connectivity index (χ1) is 15.4. The van der Waals surface area contributed by atoms with Crippen molar-refractivity contribution in [1.82, 2.24) is 15.3 Å². The van der Waals surface area contributed by atoms with Gasteiger partial charge in [0.2, 0.25) is 0 Å². The minimum absolute atomic E-state index is 0.0146. The lowest BCUT2D eigenvalue weighted by atomic mass is 9.74. The van der Waals surface area contributed by atoms with Gasteiger partial charge in [0, 0.05) is 66.9 Å². The summed E-state index contributed by atoms with van der Waals surface area (Å²) in [7, 11) is 0. The third-order valence-electron chi connectivity index (χ3n) is 5.96. The lowest BCUT2D eigenvalue weighted by Crippen LogP contribution is -2.71. The van der Waals surface area contributed by atoms with Crippen LogP contribution in [0.2, 0.25) is 10.0 Å². The Morgan fingerprint density at radius 1 is 1.09 bits per heavy atom. The quantitative estimate of drug-likeness (QED) is 0.523. The number of benzene rings is 1. The van der Waals surface area contributed by atoms with Gasteiger partial charge in [0.25, 0.3) is 0 Å². The third-order valence-corrected chi connectivity index (χ3v) is 6.61. The molecular formula is C23H20Cl2FN5O. The molecule has 2 fully saturated rings. The second-order valence-corrected chi connectivity index (χ2v) is 9.07. The summed E-state index contributed by atoms with van der Waals surface area (Å²) < 4.78 is 20.0. The Balaban J connectivity index is 1.29. The van der Waals surface area contributed by atoms with Gasteiger partial charge >= 0.3 is 0 Å². The molecule has 2 aliphatic rings. The predicted molar refractivity (Wildman–Crippen MR) is 123 cm³/mol. The van der Waals surface area contributed by atoms with Crippen molar-refractivity contribution < 1.29 is 9.13 Å². The second kappa shape index (κ2) is 8.31. The van der Waals surface area contributed by atoms with Crippen LogP contribution in [0.3, 0.4) is 0 Å². The van der Waals surface area contributed by atoms with E-state index in [1.54, 1.807) is 12.3 Å². The molecule has 9 heteroatoms. The van der Waals surface area contributed by atoms with Crippen molar-refractivity contribution in [3.05, 3.63) is 81.5 Å². The van der Waals surface area contributed by atoms with Gasteiger partial charge in [-0.25, -0.2) is 9.37 Å². The van der Waals surface area contributed by atoms with Crippen molar-refractivity contribution in [2.24, 2.45) is 5.41 Å². The van der Waals surface area contributed by atoms with Gasteiger partial charge in [-0.05, 0) is 30.3 Å². The van der Waals surface area contributed by atoms with Crippen LogP contribution in [0, 0.1) is 16.6 Å². The fourth-order valence-electron chi connectivity index (χ4n) is 4.01. The van der Waals surface area contributed by atoms with Gasteiger partial charge in [-0.2, -0.15) is 0 Å². The van der Waals surface area contributed by atoms with Crippen LogP contribution in [0.5, 0.6) is 5.75 Å². The molecule has 0 aliphatic carbocycles. The first-order valence-corrected chi connectivity index (χ1v) is 10.9. The average molecular weight is 472 g/mol. The van der Waals surface area contributed by atoms with E-state index in [1.165, 1.54) is 24.5 Å². The molecule has 6 nitrogen and oxygen atoms in total. The third kappa shape index (κ3) is 3.92. The summed E-state index contributed by atoms with van der Waals surface area (Å²) in [6.45, 7) is 4.14. The molecule has 0 bridgehead atoms. The number of aromatic nitrogens is 2. The molecule has 0 radical (unpaired) electrons. The molecule has 2 aliphatic heterocycles. The zero-order valence-electron chi connectivity index (χ0n) is 17.0. The molecule has 164 valence electrons. The van der Waals surface area contributed by atoms with Crippen LogP contribution >= 0.6 is 23.2 Å². The highest BCUT2D eigenvalue weighted by Crippen LogP contribution is 2.36. The molecular weight excluding hydrogens is 452 g/mol. The van der Waals surface area contributed by atoms with Gasteiger partial charge in [0.15, 0.2) is 11.6 Å². The summed E-state index contributed by atoms with van der Waals surface area (Å²) >= 11 is 12.2. The van der Waals surface area contributed by atoms with Crippen molar-refractivity contribution in [3.63, 3.8) is 0 Å². The standard InChI is InChI=1S/C23H20Cl2FN5O/c24-17-7-28-8-18(25)16(17)9-32-20-5-14(1-3-19(20)26)22(27)15-2-4-21(30-6-15)31-12-23(13-31)10-29-11-23/h1-8,27,29H,9-13H2. The first kappa shape index (κ1) is 21.1. The fraction of sp³-hybridized carbons (Fsp3) is 0.261. The van der Waals surface area contributed by atoms with Gasteiger partial charge < -0.3 is 15.0 Å². The van der Waals surface area contributed by atoms with Gasteiger partial charge in [0.05, 0.1) is 15.8 Å². The number of pyridine rings is 2. The number of rotatable bonds is 6. The molecule has 5 rings (SSSR count). The monoisotopic (exact) mass is 471 g/mol. The molecule has 0 atom stereocenters. The highest BCUT2D eigenvalue weighted by molar-refractivity contribution is 6.35. The largest absolute Gasteiger partial charge is 0.486 e. The lowest BCUT2D eigenvalue weighted by molar-refractivity contribution is 0.120. The van der Waals surface area contributed by atoms with Crippen molar-refractivity contribution in [2.75, 3.05) is 31.1 Å². The Morgan fingerprint density at radius 3 is 2.44 bits per heavy atom. The molecule has 32 heavy (non-hydrogen) atoms. The smallest absolute Gasteiger partial charge is 0.165 e. The molecule has 1 spiro atoms. The van der Waals surface area contributed by atoms with E-state index in [0.29, 0.717) is 32.2 Å². The highest BCUT2D eigenvalue weighted by Gasteiger charge is 2.47. The highest BCUT2D eigenvalue weighted by atomic mass is 35.5. The Hall–Kier alpha value is -2.74. The zero-order chi connectivity index (χ0) is 22.3. The Labute approximate surface area is 194 Å². The topological polar surface area (TPSA) is 74.1 Å². The SMILES string of the molecule is N=C(c1ccc(N2CC3(CNC3)C2)nc1)c1ccc(F)c(OCc2c(Cl)cncc2Cl)c1. The van der Waals surface area contributed by atoms with Crippen LogP contribution in [-0.2, 0) is 6.61 Å². The van der Waals surface area contributed by atoms with Gasteiger partial charge in [-0.3, -0.25) is 10.4 Å². The van der Waals surface area contributed by atoms with Crippen LogP contribution in [0.25, 0.3) is 0 Å². The first-order valence-electron chi connectivity index (χ1n) is 10.2. The van der Waals surface area contributed by atoms with Crippen LogP contribution < -0.4 is 15.0 Å². The van der Waals surface area contributed by atoms with Gasteiger partial charge in [-0.15, -0.1) is 0 Å². The summed E-state index contributed by atoms with van der Waals surface area (Å²) in [5.41, 5.74) is 2.34. The Morgan fingerprint density at radius 2 is 1.81 bits per heavy atom. The lowest BCUT2D eigenvalue weighted by Gasteiger charge is -2.56. The molecule has 2 N–H and O–H groups in total. The number of hydrogen-bond donors (Lipinski definition) is 2. The zero-order valence-corrected chi connectivity index (χ0v) is 18.5. The summed E-state index contributed by atoms with van der Waals surface area (Å²) in [4.78, 5) is 10.7. The number of nitrogens with one attached hydrogen (secondary N) is 2. The number of nitrogens with zero attached hydrogens (tertiary/aromatic N) is 3. The second-order valence-electron chi connectivity index (χ2n) is 8.26. The summed E-state index contributed by atoms with van der Waals surface area (Å²) in [6.07, 6.45) is 4.59. The normalized spacial score (nSPS) is 16.4. The molecule has 0 saturated carbocycles. The summed E-state index contributed by atoms with van der Waals surface area (Å²) in [6, 6.07) is 8.13. The van der Waals surface area contributed by atoms with Crippen molar-refractivity contribution in [3.8, 4) is 5.75 Å². The van der Waals surface area contributed by atoms with Crippen molar-refractivity contribution >= 4 is 34.7 Å². The van der Waals surface area contributed by atoms with E-state index in [0.717, 1.165) is 32.0 Å². The maximum Gasteiger partial charge on any atom is 0.165 e. The Bertz CT molecular complexity index is 1160. The summed E-state index contributed by atoms with van der Waals surface area (Å²) in [5, 5.41) is 12.6. The van der Waals surface area contributed by atoms with E-state index in [-0.39, 0.29) is 18.1 Å². The van der Waals surface area contributed by atoms with Crippen molar-refractivity contribution in [1.29, 1.82) is 5.41 Å². The maximum absolute atomic E-state index is 14.3. The van der Waals surface area contributed by atoms with E-state index < -0.39 is 5.82 Å². The van der Waals surface area contributed by atoms with E-state index >= 15 is 0 Å². The van der Waals surface area contributed by atoms with Crippen LogP contribution in [0.15, 0.2) is 48.9 Å². The van der Waals surface area contributed by atoms with Crippen LogP contribution in [-0.4, -0.2) is 41.9 Å². The number of hydrogen-bond acceptors (Lipinski definition) is 6. The van der Waals surface area contributed by atoms with Crippen molar-refractivity contribution in [2.45, 2.75) is 6.61 Å². The predicted octanol–water partition coefficient (Wildman–Crippen LogP) is 4.33. The van der Waals surface area contributed by atoms with E-state index in [4.69, 9.17) is 33.3 Å². The molecule has 3 aromatic rings. The minimum atomic E-state index is -0.534. The minimum Gasteiger partial charge on any atom is -0.486 e. The molecule has 0 unspecified atom stereocenters. The number of ether oxygens (including phenoxy) is 1. The van der Waals surface area contributed by atoms with Gasteiger partial charge in [-0.1, -0.05) is 23.2 Å². The van der Waals surface area contributed by atoms with E-state index in [9.17, 15) is 4.39 Å². The molecule has 2 aromatic heterocycles. The van der Waals surface area contributed by atoms with Crippen LogP contribution in [0.4, 0.5) is 10.2 Å².